The molecule has 110 valence electrons. The average molecular weight is 285 g/mol. The molecular formula is C13H16FNO5. The van der Waals surface area contributed by atoms with E-state index in [0.717, 1.165) is 0 Å². The molecule has 1 aromatic rings. The van der Waals surface area contributed by atoms with Gasteiger partial charge in [0, 0.05) is 5.56 Å². The number of hydrogen-bond acceptors (Lipinski definition) is 4. The Bertz CT molecular complexity index is 469. The van der Waals surface area contributed by atoms with Gasteiger partial charge < -0.3 is 19.9 Å². The summed E-state index contributed by atoms with van der Waals surface area (Å²) in [6.45, 7) is -1.18. The van der Waals surface area contributed by atoms with Gasteiger partial charge >= 0.3 is 5.97 Å². The number of nitrogens with one attached hydrogen (secondary N) is 1. The minimum Gasteiger partial charge on any atom is -0.496 e. The van der Waals surface area contributed by atoms with E-state index in [0.29, 0.717) is 17.1 Å². The lowest BCUT2D eigenvalue weighted by atomic mass is 10.1. The SMILES string of the molecule is COc1cccc(OC)c1CC(=O)NC(CF)C(=O)O. The Morgan fingerprint density at radius 3 is 2.25 bits per heavy atom. The van der Waals surface area contributed by atoms with Gasteiger partial charge in [-0.25, -0.2) is 9.18 Å². The number of alkyl halides is 1. The number of rotatable bonds is 7. The van der Waals surface area contributed by atoms with Crippen LogP contribution < -0.4 is 14.8 Å². The van der Waals surface area contributed by atoms with Crippen molar-refractivity contribution in [1.82, 2.24) is 5.32 Å². The number of amides is 1. The Balaban J connectivity index is 2.87. The van der Waals surface area contributed by atoms with Gasteiger partial charge in [0.2, 0.25) is 5.91 Å². The van der Waals surface area contributed by atoms with E-state index in [2.05, 4.69) is 5.32 Å². The van der Waals surface area contributed by atoms with Crippen molar-refractivity contribution < 1.29 is 28.6 Å². The summed E-state index contributed by atoms with van der Waals surface area (Å²) in [5.41, 5.74) is 0.470. The van der Waals surface area contributed by atoms with Crippen molar-refractivity contribution in [2.24, 2.45) is 0 Å². The molecule has 0 heterocycles. The van der Waals surface area contributed by atoms with Crippen molar-refractivity contribution in [2.45, 2.75) is 12.5 Å². The Labute approximate surface area is 115 Å². The summed E-state index contributed by atoms with van der Waals surface area (Å²) in [4.78, 5) is 22.4. The number of carbonyl (C=O) groups is 2. The van der Waals surface area contributed by atoms with Crippen molar-refractivity contribution in [2.75, 3.05) is 20.9 Å². The lowest BCUT2D eigenvalue weighted by Gasteiger charge is -2.14. The first-order valence-electron chi connectivity index (χ1n) is 5.81. The second kappa shape index (κ2) is 7.32. The van der Waals surface area contributed by atoms with Crippen LogP contribution in [0.1, 0.15) is 5.56 Å². The third-order valence-electron chi connectivity index (χ3n) is 2.65. The number of methoxy groups -OCH3 is 2. The number of aliphatic carboxylic acids is 1. The number of benzene rings is 1. The van der Waals surface area contributed by atoms with E-state index in [9.17, 15) is 14.0 Å². The Kier molecular flexibility index (Phi) is 5.76. The molecule has 0 saturated heterocycles. The maximum absolute atomic E-state index is 12.5. The molecule has 0 radical (unpaired) electrons. The highest BCUT2D eigenvalue weighted by Gasteiger charge is 2.21. The molecule has 0 saturated carbocycles. The van der Waals surface area contributed by atoms with Gasteiger partial charge in [-0.1, -0.05) is 6.07 Å². The van der Waals surface area contributed by atoms with Gasteiger partial charge in [0.25, 0.3) is 0 Å². The minimum absolute atomic E-state index is 0.170. The van der Waals surface area contributed by atoms with Gasteiger partial charge in [-0.05, 0) is 12.1 Å². The smallest absolute Gasteiger partial charge is 0.328 e. The average Bonchev–Trinajstić information content (AvgIpc) is 2.44. The number of carboxylic acid groups (broad SMARTS) is 1. The van der Waals surface area contributed by atoms with Crippen LogP contribution in [0.3, 0.4) is 0 Å². The molecule has 7 heteroatoms. The standard InChI is InChI=1S/C13H16FNO5/c1-19-10-4-3-5-11(20-2)8(10)6-12(16)15-9(7-14)13(17)18/h3-5,9H,6-7H2,1-2H3,(H,15,16)(H,17,18). The lowest BCUT2D eigenvalue weighted by molar-refractivity contribution is -0.142. The van der Waals surface area contributed by atoms with E-state index in [4.69, 9.17) is 14.6 Å². The zero-order valence-corrected chi connectivity index (χ0v) is 11.2. The zero-order valence-electron chi connectivity index (χ0n) is 11.2. The van der Waals surface area contributed by atoms with E-state index in [1.54, 1.807) is 18.2 Å². The molecule has 0 aromatic heterocycles. The van der Waals surface area contributed by atoms with Crippen molar-refractivity contribution in [3.63, 3.8) is 0 Å². The molecule has 1 aromatic carbocycles. The van der Waals surface area contributed by atoms with Crippen LogP contribution in [0, 0.1) is 0 Å². The van der Waals surface area contributed by atoms with Gasteiger partial charge in [-0.15, -0.1) is 0 Å². The van der Waals surface area contributed by atoms with Crippen LogP contribution in [-0.2, 0) is 16.0 Å². The number of carbonyl (C=O) groups excluding carboxylic acids is 1. The molecule has 0 spiro atoms. The highest BCUT2D eigenvalue weighted by atomic mass is 19.1. The molecule has 1 unspecified atom stereocenters. The third kappa shape index (κ3) is 3.84. The molecular weight excluding hydrogens is 269 g/mol. The summed E-state index contributed by atoms with van der Waals surface area (Å²) in [7, 11) is 2.88. The van der Waals surface area contributed by atoms with Gasteiger partial charge in [0.15, 0.2) is 6.04 Å². The molecule has 1 amide bonds. The van der Waals surface area contributed by atoms with Crippen LogP contribution in [0.25, 0.3) is 0 Å². The Morgan fingerprint density at radius 2 is 1.85 bits per heavy atom. The maximum atomic E-state index is 12.5. The fourth-order valence-corrected chi connectivity index (χ4v) is 1.67. The second-order valence-corrected chi connectivity index (χ2v) is 3.93. The predicted octanol–water partition coefficient (Wildman–Crippen LogP) is 0.785. The van der Waals surface area contributed by atoms with E-state index in [1.807, 2.05) is 0 Å². The number of halogens is 1. The first-order chi connectivity index (χ1) is 9.53. The highest BCUT2D eigenvalue weighted by molar-refractivity contribution is 5.85. The largest absolute Gasteiger partial charge is 0.496 e. The predicted molar refractivity (Wildman–Crippen MR) is 68.8 cm³/mol. The van der Waals surface area contributed by atoms with Crippen LogP contribution >= 0.6 is 0 Å². The zero-order chi connectivity index (χ0) is 15.1. The molecule has 0 aliphatic rings. The van der Waals surface area contributed by atoms with E-state index in [-0.39, 0.29) is 6.42 Å². The lowest BCUT2D eigenvalue weighted by Crippen LogP contribution is -2.43. The maximum Gasteiger partial charge on any atom is 0.328 e. The minimum atomic E-state index is -1.55. The quantitative estimate of drug-likeness (QED) is 0.773. The number of ether oxygens (including phenoxy) is 2. The molecule has 2 N–H and O–H groups in total. The molecule has 6 nitrogen and oxygen atoms in total. The van der Waals surface area contributed by atoms with Crippen LogP contribution in [-0.4, -0.2) is 43.9 Å². The van der Waals surface area contributed by atoms with Crippen LogP contribution in [0.15, 0.2) is 18.2 Å². The summed E-state index contributed by atoms with van der Waals surface area (Å²) < 4.78 is 22.7. The summed E-state index contributed by atoms with van der Waals surface area (Å²) in [5, 5.41) is 10.8. The van der Waals surface area contributed by atoms with Gasteiger partial charge in [-0.2, -0.15) is 0 Å². The summed E-state index contributed by atoms with van der Waals surface area (Å²) in [6.07, 6.45) is -0.170. The first-order valence-corrected chi connectivity index (χ1v) is 5.81. The Hall–Kier alpha value is -2.31. The van der Waals surface area contributed by atoms with Crippen molar-refractivity contribution in [3.05, 3.63) is 23.8 Å². The van der Waals surface area contributed by atoms with Gasteiger partial charge in [-0.3, -0.25) is 4.79 Å². The normalized spacial score (nSPS) is 11.6. The van der Waals surface area contributed by atoms with Crippen LogP contribution in [0.5, 0.6) is 11.5 Å². The molecule has 0 aliphatic heterocycles. The summed E-state index contributed by atoms with van der Waals surface area (Å²) in [6, 6.07) is 3.44. The number of carboxylic acids is 1. The fraction of sp³-hybridized carbons (Fsp3) is 0.385. The van der Waals surface area contributed by atoms with E-state index >= 15 is 0 Å². The van der Waals surface area contributed by atoms with Crippen LogP contribution in [0.2, 0.25) is 0 Å². The van der Waals surface area contributed by atoms with E-state index in [1.165, 1.54) is 14.2 Å². The van der Waals surface area contributed by atoms with Crippen molar-refractivity contribution in [3.8, 4) is 11.5 Å². The highest BCUT2D eigenvalue weighted by Crippen LogP contribution is 2.28. The number of hydrogen-bond donors (Lipinski definition) is 2. The molecule has 0 aliphatic carbocycles. The molecule has 1 rings (SSSR count). The van der Waals surface area contributed by atoms with Crippen LogP contribution in [0.4, 0.5) is 4.39 Å². The monoisotopic (exact) mass is 285 g/mol. The first kappa shape index (κ1) is 15.7. The molecule has 0 bridgehead atoms. The van der Waals surface area contributed by atoms with Crippen molar-refractivity contribution >= 4 is 11.9 Å². The third-order valence-corrected chi connectivity index (χ3v) is 2.65. The van der Waals surface area contributed by atoms with Crippen molar-refractivity contribution in [1.29, 1.82) is 0 Å². The Morgan fingerprint density at radius 1 is 1.30 bits per heavy atom. The molecule has 20 heavy (non-hydrogen) atoms. The topological polar surface area (TPSA) is 84.9 Å². The molecule has 0 fully saturated rings. The summed E-state index contributed by atoms with van der Waals surface area (Å²) >= 11 is 0. The van der Waals surface area contributed by atoms with Gasteiger partial charge in [0.05, 0.1) is 20.6 Å². The molecule has 1 atom stereocenters. The summed E-state index contributed by atoms with van der Waals surface area (Å²) in [5.74, 6) is -1.18. The fourth-order valence-electron chi connectivity index (χ4n) is 1.67. The van der Waals surface area contributed by atoms with Gasteiger partial charge in [0.1, 0.15) is 18.2 Å². The van der Waals surface area contributed by atoms with E-state index < -0.39 is 24.6 Å². The second-order valence-electron chi connectivity index (χ2n) is 3.93.